The van der Waals surface area contributed by atoms with Crippen LogP contribution in [0.3, 0.4) is 0 Å². The minimum atomic E-state index is -0.647. The van der Waals surface area contributed by atoms with Crippen molar-refractivity contribution in [2.75, 3.05) is 72.9 Å². The molecule has 4 aliphatic heterocycles. The number of anilines is 5. The smallest absolute Gasteiger partial charge is 0.415 e. The molecule has 0 spiro atoms. The van der Waals surface area contributed by atoms with E-state index < -0.39 is 23.6 Å². The van der Waals surface area contributed by atoms with Gasteiger partial charge in [0.25, 0.3) is 0 Å². The molecular weight excluding hydrogens is 820 g/mol. The number of aromatic nitrogens is 3. The lowest BCUT2D eigenvalue weighted by atomic mass is 9.99. The lowest BCUT2D eigenvalue weighted by molar-refractivity contribution is -0.134. The number of nitrogens with one attached hydrogen (secondary N) is 3. The molecule has 332 valence electrons. The predicted molar refractivity (Wildman–Crippen MR) is 240 cm³/mol. The Kier molecular flexibility index (Phi) is 11.5. The standard InChI is InChI=1S/C47H51FN10O6/c1-28-35(25-49-44-42(28)58(19-20-63-44)46(62)64-47(2,3)4)30-7-8-31-24-50-45(53-38(31)22-30)52-32-9-5-29(6-10-32)21-41(60)56-17-15-55(16-18-56)34-26-57(27-34)39-13-11-33(23-36(39)48)51-37-12-14-40(59)54-43(37)61/h5-11,13,22-25,34,37,51H,12,14-21,26-27H2,1-4H3,(H,50,52,53)(H,54,59,61). The summed E-state index contributed by atoms with van der Waals surface area (Å²) in [6.45, 7) is 12.3. The van der Waals surface area contributed by atoms with Gasteiger partial charge >= 0.3 is 6.09 Å². The molecule has 2 aromatic heterocycles. The average molecular weight is 871 g/mol. The number of amides is 4. The average Bonchev–Trinajstić information content (AvgIpc) is 3.25. The van der Waals surface area contributed by atoms with Crippen molar-refractivity contribution in [1.29, 1.82) is 0 Å². The second-order valence-electron chi connectivity index (χ2n) is 17.7. The van der Waals surface area contributed by atoms with E-state index in [-0.39, 0.29) is 30.1 Å². The fourth-order valence-corrected chi connectivity index (χ4v) is 8.61. The van der Waals surface area contributed by atoms with Crippen LogP contribution in [0.2, 0.25) is 0 Å². The minimum Gasteiger partial charge on any atom is -0.474 e. The number of imide groups is 1. The van der Waals surface area contributed by atoms with E-state index in [0.29, 0.717) is 81.1 Å². The number of rotatable bonds is 9. The molecule has 64 heavy (non-hydrogen) atoms. The van der Waals surface area contributed by atoms with Gasteiger partial charge < -0.3 is 29.9 Å². The lowest BCUT2D eigenvalue weighted by Gasteiger charge is -2.49. The Morgan fingerprint density at radius 2 is 1.70 bits per heavy atom. The highest BCUT2D eigenvalue weighted by Crippen LogP contribution is 2.40. The van der Waals surface area contributed by atoms with Gasteiger partial charge in [-0.25, -0.2) is 24.1 Å². The van der Waals surface area contributed by atoms with Gasteiger partial charge in [0, 0.05) is 86.4 Å². The molecule has 0 aliphatic carbocycles. The molecule has 3 saturated heterocycles. The van der Waals surface area contributed by atoms with Crippen molar-refractivity contribution < 1.29 is 33.0 Å². The number of pyridine rings is 1. The van der Waals surface area contributed by atoms with Gasteiger partial charge in [-0.15, -0.1) is 0 Å². The van der Waals surface area contributed by atoms with E-state index in [0.717, 1.165) is 51.9 Å². The van der Waals surface area contributed by atoms with Crippen LogP contribution < -0.4 is 30.5 Å². The lowest BCUT2D eigenvalue weighted by Crippen LogP contribution is -2.63. The molecule has 5 aromatic rings. The van der Waals surface area contributed by atoms with Gasteiger partial charge in [0.2, 0.25) is 29.5 Å². The highest BCUT2D eigenvalue weighted by molar-refractivity contribution is 6.01. The first-order chi connectivity index (χ1) is 30.7. The van der Waals surface area contributed by atoms with Crippen molar-refractivity contribution >= 4 is 63.4 Å². The Morgan fingerprint density at radius 3 is 2.44 bits per heavy atom. The summed E-state index contributed by atoms with van der Waals surface area (Å²) in [4.78, 5) is 71.8. The number of ether oxygens (including phenoxy) is 2. The van der Waals surface area contributed by atoms with Crippen LogP contribution in [0.15, 0.2) is 73.1 Å². The second kappa shape index (κ2) is 17.4. The van der Waals surface area contributed by atoms with E-state index in [4.69, 9.17) is 14.5 Å². The number of benzene rings is 3. The van der Waals surface area contributed by atoms with E-state index in [1.165, 1.54) is 6.07 Å². The van der Waals surface area contributed by atoms with Crippen molar-refractivity contribution in [2.24, 2.45) is 0 Å². The van der Waals surface area contributed by atoms with Gasteiger partial charge in [0.1, 0.15) is 29.8 Å². The molecule has 4 aliphatic rings. The Bertz CT molecular complexity index is 2620. The number of carbonyl (C=O) groups is 4. The molecule has 3 N–H and O–H groups in total. The number of halogens is 1. The van der Waals surface area contributed by atoms with Crippen LogP contribution in [0.25, 0.3) is 22.0 Å². The van der Waals surface area contributed by atoms with Gasteiger partial charge in [-0.3, -0.25) is 29.5 Å². The summed E-state index contributed by atoms with van der Waals surface area (Å²) in [6.07, 6.45) is 3.98. The molecule has 0 radical (unpaired) electrons. The number of piperazine rings is 1. The van der Waals surface area contributed by atoms with E-state index in [1.54, 1.807) is 29.4 Å². The van der Waals surface area contributed by atoms with E-state index in [2.05, 4.69) is 30.8 Å². The second-order valence-corrected chi connectivity index (χ2v) is 17.7. The fraction of sp³-hybridized carbons (Fsp3) is 0.383. The highest BCUT2D eigenvalue weighted by atomic mass is 19.1. The van der Waals surface area contributed by atoms with Crippen LogP contribution >= 0.6 is 0 Å². The largest absolute Gasteiger partial charge is 0.474 e. The van der Waals surface area contributed by atoms with Gasteiger partial charge in [-0.2, -0.15) is 0 Å². The minimum absolute atomic E-state index is 0.0757. The van der Waals surface area contributed by atoms with Crippen molar-refractivity contribution in [3.63, 3.8) is 0 Å². The van der Waals surface area contributed by atoms with Crippen LogP contribution in [0.1, 0.15) is 44.7 Å². The SMILES string of the molecule is Cc1c(-c2ccc3cnc(Nc4ccc(CC(=O)N5CCN(C6CN(c7ccc(NC8CCC(=O)NC8=O)cc7F)C6)CC5)cc4)nc3c2)cnc2c1N(C(=O)OC(C)(C)C)CCO2. The van der Waals surface area contributed by atoms with Crippen molar-refractivity contribution in [2.45, 2.75) is 64.6 Å². The summed E-state index contributed by atoms with van der Waals surface area (Å²) in [7, 11) is 0. The molecule has 4 amide bonds. The summed E-state index contributed by atoms with van der Waals surface area (Å²) in [5.74, 6) is -0.162. The Hall–Kier alpha value is -6.88. The maximum atomic E-state index is 15.1. The van der Waals surface area contributed by atoms with Crippen LogP contribution in [0.5, 0.6) is 5.88 Å². The molecule has 1 unspecified atom stereocenters. The Balaban J connectivity index is 0.762. The van der Waals surface area contributed by atoms with E-state index >= 15 is 4.39 Å². The summed E-state index contributed by atoms with van der Waals surface area (Å²) < 4.78 is 26.7. The summed E-state index contributed by atoms with van der Waals surface area (Å²) >= 11 is 0. The van der Waals surface area contributed by atoms with E-state index in [1.807, 2.05) is 80.0 Å². The Morgan fingerprint density at radius 1 is 0.938 bits per heavy atom. The predicted octanol–water partition coefficient (Wildman–Crippen LogP) is 5.81. The van der Waals surface area contributed by atoms with E-state index in [9.17, 15) is 19.2 Å². The quantitative estimate of drug-likeness (QED) is 0.152. The normalized spacial score (nSPS) is 18.2. The van der Waals surface area contributed by atoms with Crippen LogP contribution in [-0.2, 0) is 25.5 Å². The molecule has 3 fully saturated rings. The third-order valence-electron chi connectivity index (χ3n) is 12.1. The summed E-state index contributed by atoms with van der Waals surface area (Å²) in [5.41, 5.74) is 5.93. The van der Waals surface area contributed by atoms with Gasteiger partial charge in [0.15, 0.2) is 0 Å². The third-order valence-corrected chi connectivity index (χ3v) is 12.1. The molecule has 0 saturated carbocycles. The maximum Gasteiger partial charge on any atom is 0.415 e. The van der Waals surface area contributed by atoms with Gasteiger partial charge in [-0.1, -0.05) is 24.3 Å². The third kappa shape index (κ3) is 9.11. The van der Waals surface area contributed by atoms with Crippen molar-refractivity contribution in [3.05, 3.63) is 90.0 Å². The number of piperidine rings is 1. The summed E-state index contributed by atoms with van der Waals surface area (Å²) in [5, 5.41) is 9.50. The molecular formula is C47H51FN10O6. The number of hydrogen-bond acceptors (Lipinski definition) is 13. The monoisotopic (exact) mass is 870 g/mol. The number of carbonyl (C=O) groups excluding carboxylic acids is 4. The highest BCUT2D eigenvalue weighted by Gasteiger charge is 2.36. The molecule has 17 heteroatoms. The molecule has 0 bridgehead atoms. The first-order valence-electron chi connectivity index (χ1n) is 21.7. The van der Waals surface area contributed by atoms with Crippen LogP contribution in [0, 0.1) is 12.7 Å². The van der Waals surface area contributed by atoms with Crippen LogP contribution in [0.4, 0.5) is 37.9 Å². The topological polar surface area (TPSA) is 174 Å². The molecule has 1 atom stereocenters. The number of hydrogen-bond donors (Lipinski definition) is 3. The zero-order valence-corrected chi connectivity index (χ0v) is 36.3. The number of nitrogens with zero attached hydrogens (tertiary/aromatic N) is 7. The van der Waals surface area contributed by atoms with Crippen molar-refractivity contribution in [1.82, 2.24) is 30.1 Å². The zero-order chi connectivity index (χ0) is 44.7. The zero-order valence-electron chi connectivity index (χ0n) is 36.3. The first-order valence-corrected chi connectivity index (χ1v) is 21.7. The van der Waals surface area contributed by atoms with Gasteiger partial charge in [-0.05, 0) is 87.2 Å². The molecule has 9 rings (SSSR count). The maximum absolute atomic E-state index is 15.1. The molecule has 3 aromatic carbocycles. The van der Waals surface area contributed by atoms with Crippen LogP contribution in [-0.4, -0.2) is 119 Å². The Labute approximate surface area is 370 Å². The first kappa shape index (κ1) is 42.4. The molecule has 6 heterocycles. The van der Waals surface area contributed by atoms with Crippen molar-refractivity contribution in [3.8, 4) is 17.0 Å². The summed E-state index contributed by atoms with van der Waals surface area (Å²) in [6, 6.07) is 18.2. The fourth-order valence-electron chi connectivity index (χ4n) is 8.61. The molecule has 16 nitrogen and oxygen atoms in total. The number of fused-ring (bicyclic) bond motifs is 2. The van der Waals surface area contributed by atoms with Gasteiger partial charge in [0.05, 0.1) is 24.2 Å².